The second-order valence-corrected chi connectivity index (χ2v) is 6.42. The van der Waals surface area contributed by atoms with Gasteiger partial charge in [-0.15, -0.1) is 0 Å². The van der Waals surface area contributed by atoms with Crippen molar-refractivity contribution in [3.63, 3.8) is 0 Å². The third-order valence-corrected chi connectivity index (χ3v) is 3.96. The Morgan fingerprint density at radius 3 is 2.75 bits per heavy atom. The molecule has 20 heavy (non-hydrogen) atoms. The van der Waals surface area contributed by atoms with E-state index in [-0.39, 0.29) is 6.04 Å². The van der Waals surface area contributed by atoms with E-state index in [0.717, 1.165) is 16.5 Å². The molecule has 0 fully saturated rings. The predicted molar refractivity (Wildman–Crippen MR) is 83.3 cm³/mol. The van der Waals surface area contributed by atoms with Gasteiger partial charge < -0.3 is 10.3 Å². The molecule has 0 aliphatic carbocycles. The van der Waals surface area contributed by atoms with Gasteiger partial charge >= 0.3 is 0 Å². The van der Waals surface area contributed by atoms with Crippen molar-refractivity contribution in [2.45, 2.75) is 39.7 Å². The zero-order valence-corrected chi connectivity index (χ0v) is 13.6. The third kappa shape index (κ3) is 3.90. The van der Waals surface area contributed by atoms with Crippen molar-refractivity contribution in [2.75, 3.05) is 0 Å². The summed E-state index contributed by atoms with van der Waals surface area (Å²) in [7, 11) is 0. The van der Waals surface area contributed by atoms with E-state index < -0.39 is 0 Å². The van der Waals surface area contributed by atoms with E-state index in [2.05, 4.69) is 39.9 Å². The number of nitrogens with two attached hydrogens (primary N) is 1. The van der Waals surface area contributed by atoms with Crippen molar-refractivity contribution in [3.05, 3.63) is 34.1 Å². The fourth-order valence-electron chi connectivity index (χ4n) is 2.10. The van der Waals surface area contributed by atoms with Gasteiger partial charge in [-0.25, -0.2) is 0 Å². The SMILES string of the molecule is Cc1ccc(-c2noc(CC(N)CC(C)C)n2)cc1Br. The molecule has 1 aromatic heterocycles. The summed E-state index contributed by atoms with van der Waals surface area (Å²) < 4.78 is 6.32. The average molecular weight is 338 g/mol. The third-order valence-electron chi connectivity index (χ3n) is 3.11. The van der Waals surface area contributed by atoms with Crippen molar-refractivity contribution in [1.82, 2.24) is 10.1 Å². The fraction of sp³-hybridized carbons (Fsp3) is 0.467. The van der Waals surface area contributed by atoms with Gasteiger partial charge in [-0.3, -0.25) is 0 Å². The van der Waals surface area contributed by atoms with Crippen molar-refractivity contribution >= 4 is 15.9 Å². The summed E-state index contributed by atoms with van der Waals surface area (Å²) in [6.07, 6.45) is 1.58. The molecule has 2 N–H and O–H groups in total. The van der Waals surface area contributed by atoms with E-state index in [1.165, 1.54) is 5.56 Å². The van der Waals surface area contributed by atoms with E-state index in [1.807, 2.05) is 25.1 Å². The van der Waals surface area contributed by atoms with Crippen LogP contribution in [0.5, 0.6) is 0 Å². The number of aromatic nitrogens is 2. The number of hydrogen-bond donors (Lipinski definition) is 1. The molecule has 1 heterocycles. The van der Waals surface area contributed by atoms with Crippen molar-refractivity contribution in [1.29, 1.82) is 0 Å². The molecular formula is C15H20BrN3O. The molecule has 0 aliphatic heterocycles. The summed E-state index contributed by atoms with van der Waals surface area (Å²) in [5.41, 5.74) is 8.18. The van der Waals surface area contributed by atoms with E-state index in [9.17, 15) is 0 Å². The van der Waals surface area contributed by atoms with Crippen LogP contribution in [-0.2, 0) is 6.42 Å². The van der Waals surface area contributed by atoms with Crippen LogP contribution in [0.15, 0.2) is 27.2 Å². The van der Waals surface area contributed by atoms with Crippen LogP contribution in [0.4, 0.5) is 0 Å². The number of halogens is 1. The molecule has 2 aromatic rings. The Morgan fingerprint density at radius 1 is 1.35 bits per heavy atom. The van der Waals surface area contributed by atoms with Crippen LogP contribution in [0.25, 0.3) is 11.4 Å². The lowest BCUT2D eigenvalue weighted by atomic mass is 10.0. The van der Waals surface area contributed by atoms with Crippen LogP contribution in [0.2, 0.25) is 0 Å². The van der Waals surface area contributed by atoms with Gasteiger partial charge in [0, 0.05) is 22.5 Å². The second kappa shape index (κ2) is 6.50. The van der Waals surface area contributed by atoms with Gasteiger partial charge in [0.2, 0.25) is 11.7 Å². The van der Waals surface area contributed by atoms with Gasteiger partial charge in [0.15, 0.2) is 0 Å². The highest BCUT2D eigenvalue weighted by Crippen LogP contribution is 2.24. The van der Waals surface area contributed by atoms with Crippen LogP contribution in [0, 0.1) is 12.8 Å². The molecule has 0 saturated carbocycles. The molecule has 1 atom stereocenters. The Balaban J connectivity index is 2.10. The number of rotatable bonds is 5. The van der Waals surface area contributed by atoms with Crippen molar-refractivity contribution < 1.29 is 4.52 Å². The molecule has 0 aliphatic rings. The quantitative estimate of drug-likeness (QED) is 0.902. The first-order valence-electron chi connectivity index (χ1n) is 6.80. The minimum atomic E-state index is 0.0630. The van der Waals surface area contributed by atoms with E-state index in [4.69, 9.17) is 10.3 Å². The first-order valence-corrected chi connectivity index (χ1v) is 7.59. The van der Waals surface area contributed by atoms with Crippen LogP contribution in [-0.4, -0.2) is 16.2 Å². The summed E-state index contributed by atoms with van der Waals surface area (Å²) >= 11 is 3.51. The highest BCUT2D eigenvalue weighted by molar-refractivity contribution is 9.10. The highest BCUT2D eigenvalue weighted by atomic mass is 79.9. The minimum Gasteiger partial charge on any atom is -0.339 e. The summed E-state index contributed by atoms with van der Waals surface area (Å²) in [6, 6.07) is 6.08. The predicted octanol–water partition coefficient (Wildman–Crippen LogP) is 3.72. The van der Waals surface area contributed by atoms with Gasteiger partial charge in [0.25, 0.3) is 0 Å². The Labute approximate surface area is 127 Å². The number of nitrogens with zero attached hydrogens (tertiary/aromatic N) is 2. The first-order chi connectivity index (χ1) is 9.45. The van der Waals surface area contributed by atoms with Crippen molar-refractivity contribution in [3.8, 4) is 11.4 Å². The van der Waals surface area contributed by atoms with E-state index in [1.54, 1.807) is 0 Å². The molecule has 4 nitrogen and oxygen atoms in total. The molecule has 108 valence electrons. The maximum Gasteiger partial charge on any atom is 0.228 e. The lowest BCUT2D eigenvalue weighted by Gasteiger charge is -2.10. The Kier molecular flexibility index (Phi) is 4.94. The molecule has 0 radical (unpaired) electrons. The molecule has 0 saturated heterocycles. The van der Waals surface area contributed by atoms with Crippen LogP contribution in [0.3, 0.4) is 0 Å². The van der Waals surface area contributed by atoms with Gasteiger partial charge in [0.1, 0.15) is 0 Å². The van der Waals surface area contributed by atoms with Gasteiger partial charge in [0.05, 0.1) is 0 Å². The maximum absolute atomic E-state index is 6.06. The molecule has 0 bridgehead atoms. The standard InChI is InChI=1S/C15H20BrN3O/c1-9(2)6-12(17)8-14-18-15(19-20-14)11-5-4-10(3)13(16)7-11/h4-5,7,9,12H,6,8,17H2,1-3H3. The Bertz CT molecular complexity index is 580. The van der Waals surface area contributed by atoms with Crippen LogP contribution < -0.4 is 5.73 Å². The molecule has 1 unspecified atom stereocenters. The Morgan fingerprint density at radius 2 is 2.10 bits per heavy atom. The molecule has 1 aromatic carbocycles. The second-order valence-electron chi connectivity index (χ2n) is 5.57. The normalized spacial score (nSPS) is 12.9. The maximum atomic E-state index is 6.06. The van der Waals surface area contributed by atoms with E-state index in [0.29, 0.717) is 24.1 Å². The lowest BCUT2D eigenvalue weighted by molar-refractivity contribution is 0.359. The smallest absolute Gasteiger partial charge is 0.228 e. The number of benzene rings is 1. The highest BCUT2D eigenvalue weighted by Gasteiger charge is 2.14. The zero-order chi connectivity index (χ0) is 14.7. The molecule has 5 heteroatoms. The number of aryl methyl sites for hydroxylation is 1. The number of hydrogen-bond acceptors (Lipinski definition) is 4. The largest absolute Gasteiger partial charge is 0.339 e. The molecular weight excluding hydrogens is 318 g/mol. The Hall–Kier alpha value is -1.20. The topological polar surface area (TPSA) is 64.9 Å². The van der Waals surface area contributed by atoms with Crippen LogP contribution >= 0.6 is 15.9 Å². The monoisotopic (exact) mass is 337 g/mol. The molecule has 2 rings (SSSR count). The summed E-state index contributed by atoms with van der Waals surface area (Å²) in [6.45, 7) is 6.35. The molecule has 0 amide bonds. The summed E-state index contributed by atoms with van der Waals surface area (Å²) in [5.74, 6) is 1.78. The van der Waals surface area contributed by atoms with Gasteiger partial charge in [-0.1, -0.05) is 47.1 Å². The van der Waals surface area contributed by atoms with E-state index >= 15 is 0 Å². The average Bonchev–Trinajstić information content (AvgIpc) is 2.80. The minimum absolute atomic E-state index is 0.0630. The van der Waals surface area contributed by atoms with Crippen molar-refractivity contribution in [2.24, 2.45) is 11.7 Å². The summed E-state index contributed by atoms with van der Waals surface area (Å²) in [4.78, 5) is 4.42. The molecule has 0 spiro atoms. The lowest BCUT2D eigenvalue weighted by Crippen LogP contribution is -2.24. The zero-order valence-electron chi connectivity index (χ0n) is 12.1. The summed E-state index contributed by atoms with van der Waals surface area (Å²) in [5, 5.41) is 4.03. The first kappa shape index (κ1) is 15.2. The van der Waals surface area contributed by atoms with Crippen LogP contribution in [0.1, 0.15) is 31.7 Å². The van der Waals surface area contributed by atoms with Gasteiger partial charge in [-0.05, 0) is 30.9 Å². The van der Waals surface area contributed by atoms with Gasteiger partial charge in [-0.2, -0.15) is 4.98 Å². The fourth-order valence-corrected chi connectivity index (χ4v) is 2.48.